The van der Waals surface area contributed by atoms with Crippen LogP contribution in [0, 0.1) is 6.92 Å². The van der Waals surface area contributed by atoms with Gasteiger partial charge in [0.2, 0.25) is 11.9 Å². The average molecular weight is 458 g/mol. The Kier molecular flexibility index (Phi) is 8.61. The molecule has 9 heteroatoms. The van der Waals surface area contributed by atoms with Crippen molar-refractivity contribution in [3.05, 3.63) is 58.6 Å². The molecule has 1 aliphatic rings. The smallest absolute Gasteiger partial charge is 0.258 e. The Bertz CT molecular complexity index is 989. The summed E-state index contributed by atoms with van der Waals surface area (Å²) in [4.78, 5) is 31.0. The number of benzene rings is 2. The molecule has 0 bridgehead atoms. The number of morpholine rings is 1. The van der Waals surface area contributed by atoms with E-state index in [0.29, 0.717) is 34.5 Å². The zero-order valence-corrected chi connectivity index (χ0v) is 19.0. The first kappa shape index (κ1) is 23.7. The number of aliphatic imine (C=N–C) groups is 1. The molecule has 3 rings (SSSR count). The molecule has 0 unspecified atom stereocenters. The lowest BCUT2D eigenvalue weighted by Gasteiger charge is -2.25. The molecule has 0 saturated carbocycles. The van der Waals surface area contributed by atoms with Crippen molar-refractivity contribution in [2.75, 3.05) is 50.0 Å². The van der Waals surface area contributed by atoms with Crippen LogP contribution < -0.4 is 16.0 Å². The molecule has 32 heavy (non-hydrogen) atoms. The topological polar surface area (TPSA) is 95.1 Å². The van der Waals surface area contributed by atoms with Gasteiger partial charge in [0, 0.05) is 37.8 Å². The maximum absolute atomic E-state index is 12.9. The third-order valence-corrected chi connectivity index (χ3v) is 5.16. The van der Waals surface area contributed by atoms with E-state index in [1.807, 2.05) is 25.1 Å². The second-order valence-electron chi connectivity index (χ2n) is 7.51. The lowest BCUT2D eigenvalue weighted by Crippen LogP contribution is -2.39. The lowest BCUT2D eigenvalue weighted by molar-refractivity contribution is -0.114. The van der Waals surface area contributed by atoms with E-state index in [-0.39, 0.29) is 11.8 Å². The predicted molar refractivity (Wildman–Crippen MR) is 128 cm³/mol. The summed E-state index contributed by atoms with van der Waals surface area (Å²) < 4.78 is 5.38. The second-order valence-corrected chi connectivity index (χ2v) is 7.92. The maximum Gasteiger partial charge on any atom is 0.258 e. The van der Waals surface area contributed by atoms with E-state index in [9.17, 15) is 9.59 Å². The number of aryl methyl sites for hydroxylation is 1. The monoisotopic (exact) mass is 457 g/mol. The summed E-state index contributed by atoms with van der Waals surface area (Å²) in [6.45, 7) is 7.79. The minimum atomic E-state index is -0.349. The number of hydrogen-bond acceptors (Lipinski definition) is 5. The fourth-order valence-electron chi connectivity index (χ4n) is 3.21. The van der Waals surface area contributed by atoms with E-state index in [2.05, 4.69) is 25.8 Å². The number of anilines is 2. The van der Waals surface area contributed by atoms with E-state index < -0.39 is 0 Å². The Labute approximate surface area is 193 Å². The van der Waals surface area contributed by atoms with Crippen molar-refractivity contribution in [1.82, 2.24) is 10.2 Å². The molecule has 0 aromatic heterocycles. The molecule has 1 aliphatic heterocycles. The first-order valence-electron chi connectivity index (χ1n) is 10.5. The molecule has 1 saturated heterocycles. The van der Waals surface area contributed by atoms with Gasteiger partial charge in [-0.15, -0.1) is 0 Å². The van der Waals surface area contributed by atoms with Crippen LogP contribution in [0.3, 0.4) is 0 Å². The van der Waals surface area contributed by atoms with Crippen LogP contribution >= 0.6 is 11.6 Å². The van der Waals surface area contributed by atoms with Crippen molar-refractivity contribution in [3.63, 3.8) is 0 Å². The van der Waals surface area contributed by atoms with Crippen molar-refractivity contribution in [3.8, 4) is 0 Å². The normalized spacial score (nSPS) is 14.7. The van der Waals surface area contributed by atoms with Gasteiger partial charge in [0.25, 0.3) is 5.91 Å². The Morgan fingerprint density at radius 3 is 2.62 bits per heavy atom. The van der Waals surface area contributed by atoms with Crippen molar-refractivity contribution in [1.29, 1.82) is 0 Å². The van der Waals surface area contributed by atoms with Gasteiger partial charge in [-0.2, -0.15) is 0 Å². The van der Waals surface area contributed by atoms with Gasteiger partial charge in [0.15, 0.2) is 0 Å². The Hall–Kier alpha value is -2.94. The molecule has 1 fully saturated rings. The van der Waals surface area contributed by atoms with Crippen LogP contribution in [-0.2, 0) is 9.53 Å². The van der Waals surface area contributed by atoms with Gasteiger partial charge in [0.1, 0.15) is 0 Å². The van der Waals surface area contributed by atoms with Crippen LogP contribution in [0.4, 0.5) is 11.4 Å². The summed E-state index contributed by atoms with van der Waals surface area (Å²) >= 11 is 6.36. The number of ether oxygens (including phenoxy) is 1. The van der Waals surface area contributed by atoms with Gasteiger partial charge in [-0.05, 0) is 42.8 Å². The zero-order valence-electron chi connectivity index (χ0n) is 18.3. The van der Waals surface area contributed by atoms with Gasteiger partial charge >= 0.3 is 0 Å². The molecule has 2 aromatic carbocycles. The Morgan fingerprint density at radius 2 is 1.91 bits per heavy atom. The number of nitrogens with zero attached hydrogens (tertiary/aromatic N) is 2. The molecule has 0 aliphatic carbocycles. The molecule has 2 aromatic rings. The van der Waals surface area contributed by atoms with Gasteiger partial charge in [-0.1, -0.05) is 23.7 Å². The van der Waals surface area contributed by atoms with Crippen molar-refractivity contribution >= 4 is 40.7 Å². The van der Waals surface area contributed by atoms with E-state index >= 15 is 0 Å². The molecule has 0 atom stereocenters. The average Bonchev–Trinajstić information content (AvgIpc) is 2.76. The molecule has 0 radical (unpaired) electrons. The summed E-state index contributed by atoms with van der Waals surface area (Å²) in [7, 11) is 0. The largest absolute Gasteiger partial charge is 0.379 e. The number of carbonyl (C=O) groups is 2. The van der Waals surface area contributed by atoms with Crippen molar-refractivity contribution < 1.29 is 14.3 Å². The van der Waals surface area contributed by atoms with Crippen LogP contribution in [0.5, 0.6) is 0 Å². The maximum atomic E-state index is 12.9. The van der Waals surface area contributed by atoms with E-state index in [1.165, 1.54) is 6.92 Å². The fourth-order valence-corrected chi connectivity index (χ4v) is 3.49. The highest BCUT2D eigenvalue weighted by Gasteiger charge is 2.13. The summed E-state index contributed by atoms with van der Waals surface area (Å²) in [6, 6.07) is 12.3. The predicted octanol–water partition coefficient (Wildman–Crippen LogP) is 3.14. The zero-order chi connectivity index (χ0) is 22.9. The van der Waals surface area contributed by atoms with Gasteiger partial charge in [-0.3, -0.25) is 24.8 Å². The molecular formula is C23H28ClN5O3. The number of carbonyl (C=O) groups excluding carboxylic acids is 2. The minimum absolute atomic E-state index is 0.205. The van der Waals surface area contributed by atoms with Gasteiger partial charge in [-0.25, -0.2) is 0 Å². The van der Waals surface area contributed by atoms with Crippen molar-refractivity contribution in [2.24, 2.45) is 4.99 Å². The number of hydrogen-bond donors (Lipinski definition) is 3. The summed E-state index contributed by atoms with van der Waals surface area (Å²) in [5, 5.41) is 9.17. The third-order valence-electron chi connectivity index (χ3n) is 4.84. The molecule has 170 valence electrons. The van der Waals surface area contributed by atoms with Crippen LogP contribution in [0.15, 0.2) is 47.5 Å². The lowest BCUT2D eigenvalue weighted by atomic mass is 10.2. The molecule has 0 spiro atoms. The number of guanidine groups is 1. The third kappa shape index (κ3) is 7.33. The Balaban J connectivity index is 1.73. The van der Waals surface area contributed by atoms with Crippen LogP contribution in [0.1, 0.15) is 22.8 Å². The van der Waals surface area contributed by atoms with Crippen molar-refractivity contribution in [2.45, 2.75) is 13.8 Å². The van der Waals surface area contributed by atoms with E-state index in [4.69, 9.17) is 16.3 Å². The quantitative estimate of drug-likeness (QED) is 0.457. The highest BCUT2D eigenvalue weighted by atomic mass is 35.5. The number of halogens is 1. The Morgan fingerprint density at radius 1 is 1.12 bits per heavy atom. The molecule has 1 heterocycles. The van der Waals surface area contributed by atoms with Gasteiger partial charge in [0.05, 0.1) is 30.5 Å². The second kappa shape index (κ2) is 11.6. The minimum Gasteiger partial charge on any atom is -0.379 e. The number of nitrogens with one attached hydrogen (secondary N) is 3. The van der Waals surface area contributed by atoms with E-state index in [1.54, 1.807) is 24.3 Å². The molecular weight excluding hydrogens is 430 g/mol. The first-order chi connectivity index (χ1) is 15.4. The highest BCUT2D eigenvalue weighted by Crippen LogP contribution is 2.22. The fraction of sp³-hybridized carbons (Fsp3) is 0.348. The molecule has 3 N–H and O–H groups in total. The molecule has 2 amide bonds. The number of amides is 2. The van der Waals surface area contributed by atoms with Crippen LogP contribution in [-0.4, -0.2) is 62.1 Å². The summed E-state index contributed by atoms with van der Waals surface area (Å²) in [5.41, 5.74) is 2.62. The van der Waals surface area contributed by atoms with Crippen LogP contribution in [0.2, 0.25) is 5.02 Å². The first-order valence-corrected chi connectivity index (χ1v) is 10.9. The van der Waals surface area contributed by atoms with E-state index in [0.717, 1.165) is 38.4 Å². The standard InChI is InChI=1S/C23H28ClN5O3/c1-16-6-7-21(20(24)14-16)27-23(25-8-9-29-10-12-32-13-11-29)28-22(31)18-4-3-5-19(15-18)26-17(2)30/h3-7,14-15H,8-13H2,1-2H3,(H,26,30)(H2,25,27,28,31). The SMILES string of the molecule is CC(=O)Nc1cccc(C(=O)NC(=NCCN2CCOCC2)Nc2ccc(C)cc2Cl)c1. The highest BCUT2D eigenvalue weighted by molar-refractivity contribution is 6.34. The summed E-state index contributed by atoms with van der Waals surface area (Å²) in [5.74, 6) is -0.249. The number of rotatable bonds is 6. The van der Waals surface area contributed by atoms with Crippen LogP contribution in [0.25, 0.3) is 0 Å². The summed E-state index contributed by atoms with van der Waals surface area (Å²) in [6.07, 6.45) is 0. The molecule has 8 nitrogen and oxygen atoms in total. The van der Waals surface area contributed by atoms with Gasteiger partial charge < -0.3 is 15.4 Å².